The van der Waals surface area contributed by atoms with E-state index < -0.39 is 0 Å². The maximum absolute atomic E-state index is 2.34. The number of hydrogen-bond acceptors (Lipinski definition) is 0. The van der Waals surface area contributed by atoms with Gasteiger partial charge in [0.25, 0.3) is 0 Å². The average Bonchev–Trinajstić information content (AvgIpc) is 2.11. The summed E-state index contributed by atoms with van der Waals surface area (Å²) in [7, 11) is 0. The molecule has 0 aliphatic heterocycles. The highest BCUT2D eigenvalue weighted by molar-refractivity contribution is 4.57. The van der Waals surface area contributed by atoms with Crippen LogP contribution in [0.15, 0.2) is 0 Å². The van der Waals surface area contributed by atoms with Crippen molar-refractivity contribution in [3.8, 4) is 0 Å². The minimum Gasteiger partial charge on any atom is -0.0654 e. The van der Waals surface area contributed by atoms with Gasteiger partial charge in [0, 0.05) is 0 Å². The van der Waals surface area contributed by atoms with Crippen molar-refractivity contribution in [2.75, 3.05) is 0 Å². The maximum Gasteiger partial charge on any atom is -0.0417 e. The van der Waals surface area contributed by atoms with Crippen molar-refractivity contribution in [1.82, 2.24) is 0 Å². The Morgan fingerprint density at radius 2 is 1.33 bits per heavy atom. The summed E-state index contributed by atoms with van der Waals surface area (Å²) in [6, 6.07) is 0. The number of hydrogen-bond donors (Lipinski definition) is 0. The van der Waals surface area contributed by atoms with Crippen LogP contribution in [-0.4, -0.2) is 0 Å². The molecule has 1 atom stereocenters. The Balaban J connectivity index is 3.26. The van der Waals surface area contributed by atoms with E-state index in [0.717, 1.165) is 5.92 Å². The molecular formula is C12H26. The van der Waals surface area contributed by atoms with Crippen molar-refractivity contribution in [2.45, 2.75) is 72.1 Å². The molecule has 0 heteroatoms. The van der Waals surface area contributed by atoms with Crippen LogP contribution in [0, 0.1) is 5.92 Å². The van der Waals surface area contributed by atoms with Gasteiger partial charge in [0.1, 0.15) is 0 Å². The third-order valence-electron chi connectivity index (χ3n) is 2.76. The molecule has 0 aromatic heterocycles. The van der Waals surface area contributed by atoms with E-state index in [1.807, 2.05) is 0 Å². The lowest BCUT2D eigenvalue weighted by Gasteiger charge is -2.13. The quantitative estimate of drug-likeness (QED) is 0.460. The zero-order valence-corrected chi connectivity index (χ0v) is 9.23. The van der Waals surface area contributed by atoms with Crippen molar-refractivity contribution in [3.05, 3.63) is 0 Å². The fourth-order valence-electron chi connectivity index (χ4n) is 1.73. The van der Waals surface area contributed by atoms with Gasteiger partial charge in [-0.25, -0.2) is 0 Å². The summed E-state index contributed by atoms with van der Waals surface area (Å²) in [5, 5.41) is 0. The lowest BCUT2D eigenvalue weighted by atomic mass is 9.93. The van der Waals surface area contributed by atoms with Crippen molar-refractivity contribution < 1.29 is 0 Å². The molecule has 0 aromatic carbocycles. The summed E-state index contributed by atoms with van der Waals surface area (Å²) in [6.45, 7) is 6.91. The monoisotopic (exact) mass is 170 g/mol. The molecule has 0 fully saturated rings. The van der Waals surface area contributed by atoms with Crippen molar-refractivity contribution >= 4 is 0 Å². The number of unbranched alkanes of at least 4 members (excludes halogenated alkanes) is 3. The fraction of sp³-hybridized carbons (Fsp3) is 1.00. The molecule has 0 rings (SSSR count). The molecule has 0 spiro atoms. The minimum atomic E-state index is 1.02. The SMILES string of the molecule is CCCCCC(CC)CCCC. The van der Waals surface area contributed by atoms with Crippen molar-refractivity contribution in [3.63, 3.8) is 0 Å². The highest BCUT2D eigenvalue weighted by atomic mass is 14.1. The lowest BCUT2D eigenvalue weighted by molar-refractivity contribution is 0.404. The van der Waals surface area contributed by atoms with Crippen LogP contribution in [0.3, 0.4) is 0 Å². The van der Waals surface area contributed by atoms with E-state index in [9.17, 15) is 0 Å². The Morgan fingerprint density at radius 1 is 0.750 bits per heavy atom. The van der Waals surface area contributed by atoms with Gasteiger partial charge in [-0.1, -0.05) is 72.1 Å². The zero-order chi connectivity index (χ0) is 9.23. The van der Waals surface area contributed by atoms with E-state index >= 15 is 0 Å². The maximum atomic E-state index is 2.34. The van der Waals surface area contributed by atoms with Crippen LogP contribution in [0.2, 0.25) is 0 Å². The molecule has 0 nitrogen and oxygen atoms in total. The van der Waals surface area contributed by atoms with E-state index in [4.69, 9.17) is 0 Å². The van der Waals surface area contributed by atoms with Crippen molar-refractivity contribution in [1.29, 1.82) is 0 Å². The summed E-state index contributed by atoms with van der Waals surface area (Å²) < 4.78 is 0. The molecule has 1 unspecified atom stereocenters. The smallest absolute Gasteiger partial charge is 0.0417 e. The second kappa shape index (κ2) is 9.09. The molecule has 0 aromatic rings. The first kappa shape index (κ1) is 12.0. The molecule has 0 bridgehead atoms. The Morgan fingerprint density at radius 3 is 1.83 bits per heavy atom. The standard InChI is InChI=1S/C12H26/c1-4-7-9-11-12(6-3)10-8-5-2/h12H,4-11H2,1-3H3. The van der Waals surface area contributed by atoms with E-state index in [2.05, 4.69) is 20.8 Å². The summed E-state index contributed by atoms with van der Waals surface area (Å²) in [5.41, 5.74) is 0. The predicted molar refractivity (Wildman–Crippen MR) is 57.4 cm³/mol. The molecule has 0 radical (unpaired) electrons. The molecular weight excluding hydrogens is 144 g/mol. The van der Waals surface area contributed by atoms with Gasteiger partial charge < -0.3 is 0 Å². The minimum absolute atomic E-state index is 1.02. The average molecular weight is 170 g/mol. The molecule has 0 N–H and O–H groups in total. The Labute approximate surface area is 78.8 Å². The molecule has 12 heavy (non-hydrogen) atoms. The molecule has 74 valence electrons. The van der Waals surface area contributed by atoms with E-state index in [0.29, 0.717) is 0 Å². The molecule has 0 amide bonds. The van der Waals surface area contributed by atoms with Gasteiger partial charge in [-0.2, -0.15) is 0 Å². The third-order valence-corrected chi connectivity index (χ3v) is 2.76. The molecule has 0 aliphatic rings. The fourth-order valence-corrected chi connectivity index (χ4v) is 1.73. The Kier molecular flexibility index (Phi) is 9.09. The van der Waals surface area contributed by atoms with E-state index in [-0.39, 0.29) is 0 Å². The molecule has 0 heterocycles. The predicted octanol–water partition coefficient (Wildman–Crippen LogP) is 4.78. The van der Waals surface area contributed by atoms with Crippen LogP contribution in [0.1, 0.15) is 72.1 Å². The summed E-state index contributed by atoms with van der Waals surface area (Å²) in [4.78, 5) is 0. The van der Waals surface area contributed by atoms with E-state index in [1.165, 1.54) is 51.4 Å². The van der Waals surface area contributed by atoms with Crippen LogP contribution in [0.4, 0.5) is 0 Å². The van der Waals surface area contributed by atoms with Gasteiger partial charge >= 0.3 is 0 Å². The van der Waals surface area contributed by atoms with Gasteiger partial charge in [0.15, 0.2) is 0 Å². The Bertz CT molecular complexity index is 76.1. The van der Waals surface area contributed by atoms with Crippen LogP contribution < -0.4 is 0 Å². The van der Waals surface area contributed by atoms with Crippen LogP contribution in [0.25, 0.3) is 0 Å². The van der Waals surface area contributed by atoms with Gasteiger partial charge in [-0.3, -0.25) is 0 Å². The van der Waals surface area contributed by atoms with Crippen LogP contribution in [-0.2, 0) is 0 Å². The third kappa shape index (κ3) is 6.69. The lowest BCUT2D eigenvalue weighted by Crippen LogP contribution is -1.98. The molecule has 0 aliphatic carbocycles. The summed E-state index contributed by atoms with van der Waals surface area (Å²) >= 11 is 0. The molecule has 0 saturated heterocycles. The number of rotatable bonds is 8. The van der Waals surface area contributed by atoms with Crippen LogP contribution >= 0.6 is 0 Å². The second-order valence-corrected chi connectivity index (χ2v) is 3.91. The normalized spacial score (nSPS) is 13.2. The van der Waals surface area contributed by atoms with Gasteiger partial charge in [-0.15, -0.1) is 0 Å². The van der Waals surface area contributed by atoms with Gasteiger partial charge in [0.2, 0.25) is 0 Å². The molecule has 0 saturated carbocycles. The Hall–Kier alpha value is 0. The first-order valence-corrected chi connectivity index (χ1v) is 5.85. The second-order valence-electron chi connectivity index (χ2n) is 3.91. The first-order chi connectivity index (χ1) is 5.85. The summed E-state index contributed by atoms with van der Waals surface area (Å²) in [6.07, 6.45) is 11.4. The summed E-state index contributed by atoms with van der Waals surface area (Å²) in [5.74, 6) is 1.02. The highest BCUT2D eigenvalue weighted by Crippen LogP contribution is 2.19. The highest BCUT2D eigenvalue weighted by Gasteiger charge is 2.04. The van der Waals surface area contributed by atoms with Gasteiger partial charge in [0.05, 0.1) is 0 Å². The van der Waals surface area contributed by atoms with E-state index in [1.54, 1.807) is 0 Å². The zero-order valence-electron chi connectivity index (χ0n) is 9.23. The topological polar surface area (TPSA) is 0 Å². The largest absolute Gasteiger partial charge is 0.0654 e. The van der Waals surface area contributed by atoms with Crippen molar-refractivity contribution in [2.24, 2.45) is 5.92 Å². The van der Waals surface area contributed by atoms with Gasteiger partial charge in [-0.05, 0) is 5.92 Å². The van der Waals surface area contributed by atoms with Crippen LogP contribution in [0.5, 0.6) is 0 Å². The first-order valence-electron chi connectivity index (χ1n) is 5.85.